The van der Waals surface area contributed by atoms with Crippen LogP contribution in [0, 0.1) is 19.3 Å². The summed E-state index contributed by atoms with van der Waals surface area (Å²) in [6.07, 6.45) is 0. The highest BCUT2D eigenvalue weighted by molar-refractivity contribution is 7.99. The van der Waals surface area contributed by atoms with Crippen LogP contribution in [0.3, 0.4) is 0 Å². The Bertz CT molecular complexity index is 852. The van der Waals surface area contributed by atoms with Crippen LogP contribution in [0.4, 0.5) is 5.69 Å². The van der Waals surface area contributed by atoms with Gasteiger partial charge in [0.1, 0.15) is 6.73 Å². The van der Waals surface area contributed by atoms with Gasteiger partial charge in [-0.2, -0.15) is 0 Å². The minimum atomic E-state index is -0.452. The van der Waals surface area contributed by atoms with Crippen molar-refractivity contribution >= 4 is 23.4 Å². The molecule has 4 nitrogen and oxygen atoms in total. The Morgan fingerprint density at radius 2 is 1.69 bits per heavy atom. The first-order chi connectivity index (χ1) is 13.7. The molecule has 0 unspecified atom stereocenters. The smallest absolute Gasteiger partial charge is 0.312 e. The first kappa shape index (κ1) is 21.7. The van der Waals surface area contributed by atoms with E-state index >= 15 is 0 Å². The average Bonchev–Trinajstić information content (AvgIpc) is 2.68. The molecule has 0 N–H and O–H groups in total. The lowest BCUT2D eigenvalue weighted by Gasteiger charge is -2.36. The van der Waals surface area contributed by atoms with Gasteiger partial charge in [0.2, 0.25) is 0 Å². The second kappa shape index (κ2) is 9.23. The van der Waals surface area contributed by atoms with Crippen LogP contribution in [0.25, 0.3) is 0 Å². The van der Waals surface area contributed by atoms with Crippen LogP contribution < -0.4 is 4.90 Å². The predicted octanol–water partition coefficient (Wildman–Crippen LogP) is 5.12. The number of ether oxygens (including phenoxy) is 1. The molecule has 1 heterocycles. The third-order valence-corrected chi connectivity index (χ3v) is 6.36. The summed E-state index contributed by atoms with van der Waals surface area (Å²) < 4.78 is 5.48. The van der Waals surface area contributed by atoms with Crippen molar-refractivity contribution in [2.24, 2.45) is 5.41 Å². The van der Waals surface area contributed by atoms with Gasteiger partial charge in [0.25, 0.3) is 0 Å². The van der Waals surface area contributed by atoms with Crippen LogP contribution in [0.5, 0.6) is 0 Å². The second-order valence-electron chi connectivity index (χ2n) is 8.75. The van der Waals surface area contributed by atoms with Crippen LogP contribution in [-0.2, 0) is 9.53 Å². The Kier molecular flexibility index (Phi) is 6.91. The number of esters is 1. The van der Waals surface area contributed by atoms with E-state index in [1.165, 1.54) is 26.6 Å². The number of rotatable bonds is 5. The van der Waals surface area contributed by atoms with Gasteiger partial charge in [0, 0.05) is 36.0 Å². The van der Waals surface area contributed by atoms with E-state index in [1.807, 2.05) is 32.5 Å². The lowest BCUT2D eigenvalue weighted by Crippen LogP contribution is -2.47. The minimum Gasteiger partial charge on any atom is -0.449 e. The third kappa shape index (κ3) is 5.77. The summed E-state index contributed by atoms with van der Waals surface area (Å²) in [5.74, 6) is -0.143. The number of hydrogen-bond acceptors (Lipinski definition) is 5. The molecule has 1 aliphatic rings. The van der Waals surface area contributed by atoms with Gasteiger partial charge in [-0.05, 0) is 58.4 Å². The Morgan fingerprint density at radius 3 is 2.34 bits per heavy atom. The number of aryl methyl sites for hydroxylation is 2. The van der Waals surface area contributed by atoms with Crippen molar-refractivity contribution in [3.63, 3.8) is 0 Å². The molecule has 5 heteroatoms. The fraction of sp³-hybridized carbons (Fsp3) is 0.458. The fourth-order valence-corrected chi connectivity index (χ4v) is 4.36. The van der Waals surface area contributed by atoms with Gasteiger partial charge >= 0.3 is 5.97 Å². The fourth-order valence-electron chi connectivity index (χ4n) is 3.32. The molecule has 1 fully saturated rings. The number of nitrogens with zero attached hydrogens (tertiary/aromatic N) is 2. The van der Waals surface area contributed by atoms with Crippen LogP contribution in [0.1, 0.15) is 31.9 Å². The van der Waals surface area contributed by atoms with Gasteiger partial charge in [0.15, 0.2) is 0 Å². The highest BCUT2D eigenvalue weighted by atomic mass is 32.2. The largest absolute Gasteiger partial charge is 0.449 e. The average molecular weight is 413 g/mol. The molecule has 0 atom stereocenters. The molecule has 0 saturated carbocycles. The normalized spacial score (nSPS) is 15.4. The van der Waals surface area contributed by atoms with E-state index in [0.29, 0.717) is 6.73 Å². The molecule has 156 valence electrons. The van der Waals surface area contributed by atoms with E-state index in [2.05, 4.69) is 66.1 Å². The Balaban J connectivity index is 1.62. The summed E-state index contributed by atoms with van der Waals surface area (Å²) in [7, 11) is 0. The van der Waals surface area contributed by atoms with Gasteiger partial charge in [-0.3, -0.25) is 9.69 Å². The molecular weight excluding hydrogens is 380 g/mol. The topological polar surface area (TPSA) is 32.8 Å². The standard InChI is InChI=1S/C24H32N2O2S/c1-18-10-11-21(19(2)16-18)29-22-9-7-6-8-20(22)26-14-12-25(13-15-26)17-28-23(27)24(3,4)5/h6-11,16H,12-15,17H2,1-5H3. The zero-order valence-electron chi connectivity index (χ0n) is 18.2. The lowest BCUT2D eigenvalue weighted by atomic mass is 9.98. The Hall–Kier alpha value is -1.98. The number of para-hydroxylation sites is 1. The van der Waals surface area contributed by atoms with E-state index in [4.69, 9.17) is 4.74 Å². The molecule has 1 saturated heterocycles. The van der Waals surface area contributed by atoms with Gasteiger partial charge in [0.05, 0.1) is 11.1 Å². The molecule has 1 aliphatic heterocycles. The molecule has 0 radical (unpaired) electrons. The summed E-state index contributed by atoms with van der Waals surface area (Å²) in [4.78, 5) is 19.2. The van der Waals surface area contributed by atoms with Gasteiger partial charge in [-0.1, -0.05) is 41.6 Å². The van der Waals surface area contributed by atoms with Crippen molar-refractivity contribution in [3.05, 3.63) is 53.6 Å². The number of benzene rings is 2. The summed E-state index contributed by atoms with van der Waals surface area (Å²) in [6, 6.07) is 15.3. The number of carbonyl (C=O) groups excluding carboxylic acids is 1. The monoisotopic (exact) mass is 412 g/mol. The SMILES string of the molecule is Cc1ccc(Sc2ccccc2N2CCN(COC(=O)C(C)(C)C)CC2)c(C)c1. The lowest BCUT2D eigenvalue weighted by molar-refractivity contribution is -0.158. The zero-order valence-corrected chi connectivity index (χ0v) is 19.0. The molecule has 0 aliphatic carbocycles. The van der Waals surface area contributed by atoms with Crippen molar-refractivity contribution in [2.45, 2.75) is 44.4 Å². The highest BCUT2D eigenvalue weighted by Gasteiger charge is 2.25. The van der Waals surface area contributed by atoms with E-state index in [1.54, 1.807) is 0 Å². The molecule has 0 spiro atoms. The summed E-state index contributed by atoms with van der Waals surface area (Å²) in [5, 5.41) is 0. The number of piperazine rings is 1. The first-order valence-electron chi connectivity index (χ1n) is 10.2. The van der Waals surface area contributed by atoms with Crippen molar-refractivity contribution in [1.82, 2.24) is 4.90 Å². The maximum atomic E-state index is 12.0. The molecule has 0 amide bonds. The van der Waals surface area contributed by atoms with Crippen molar-refractivity contribution in [2.75, 3.05) is 37.8 Å². The Morgan fingerprint density at radius 1 is 1.00 bits per heavy atom. The molecule has 2 aromatic rings. The van der Waals surface area contributed by atoms with Crippen molar-refractivity contribution < 1.29 is 9.53 Å². The van der Waals surface area contributed by atoms with Crippen LogP contribution in [0.2, 0.25) is 0 Å². The Labute approximate surface area is 179 Å². The van der Waals surface area contributed by atoms with Crippen LogP contribution >= 0.6 is 11.8 Å². The zero-order chi connectivity index (χ0) is 21.0. The molecular formula is C24H32N2O2S. The maximum absolute atomic E-state index is 12.0. The number of anilines is 1. The summed E-state index contributed by atoms with van der Waals surface area (Å²) in [5.41, 5.74) is 3.44. The van der Waals surface area contributed by atoms with Crippen LogP contribution in [0.15, 0.2) is 52.3 Å². The molecule has 3 rings (SSSR count). The van der Waals surface area contributed by atoms with Gasteiger partial charge < -0.3 is 9.64 Å². The quantitative estimate of drug-likeness (QED) is 0.636. The van der Waals surface area contributed by atoms with Crippen molar-refractivity contribution in [1.29, 1.82) is 0 Å². The van der Waals surface area contributed by atoms with Gasteiger partial charge in [-0.15, -0.1) is 0 Å². The van der Waals surface area contributed by atoms with E-state index in [0.717, 1.165) is 26.2 Å². The van der Waals surface area contributed by atoms with Gasteiger partial charge in [-0.25, -0.2) is 0 Å². The minimum absolute atomic E-state index is 0.143. The molecule has 2 aromatic carbocycles. The van der Waals surface area contributed by atoms with Crippen molar-refractivity contribution in [3.8, 4) is 0 Å². The molecule has 0 aromatic heterocycles. The van der Waals surface area contributed by atoms with E-state index in [9.17, 15) is 4.79 Å². The number of hydrogen-bond donors (Lipinski definition) is 0. The maximum Gasteiger partial charge on any atom is 0.312 e. The second-order valence-corrected chi connectivity index (χ2v) is 9.84. The molecule has 0 bridgehead atoms. The number of carbonyl (C=O) groups is 1. The molecule has 29 heavy (non-hydrogen) atoms. The first-order valence-corrected chi connectivity index (χ1v) is 11.0. The highest BCUT2D eigenvalue weighted by Crippen LogP contribution is 2.37. The van der Waals surface area contributed by atoms with Crippen LogP contribution in [-0.4, -0.2) is 43.8 Å². The summed E-state index contributed by atoms with van der Waals surface area (Å²) in [6.45, 7) is 14.0. The predicted molar refractivity (Wildman–Crippen MR) is 121 cm³/mol. The third-order valence-electron chi connectivity index (χ3n) is 5.12. The van der Waals surface area contributed by atoms with E-state index in [-0.39, 0.29) is 5.97 Å². The van der Waals surface area contributed by atoms with E-state index < -0.39 is 5.41 Å². The summed E-state index contributed by atoms with van der Waals surface area (Å²) >= 11 is 1.84.